The molecule has 0 unspecified atom stereocenters. The topological polar surface area (TPSA) is 109 Å². The first kappa shape index (κ1) is 28.1. The Morgan fingerprint density at radius 3 is 2.51 bits per heavy atom. The van der Waals surface area contributed by atoms with Crippen molar-refractivity contribution >= 4 is 38.9 Å². The molecule has 0 radical (unpaired) electrons. The van der Waals surface area contributed by atoms with Gasteiger partial charge in [0, 0.05) is 30.0 Å². The average Bonchev–Trinajstić information content (AvgIpc) is 3.74. The van der Waals surface area contributed by atoms with Crippen molar-refractivity contribution in [3.8, 4) is 0 Å². The van der Waals surface area contributed by atoms with Gasteiger partial charge >= 0.3 is 5.63 Å². The van der Waals surface area contributed by atoms with Crippen LogP contribution in [0, 0.1) is 19.7 Å². The summed E-state index contributed by atoms with van der Waals surface area (Å²) in [6.45, 7) is 6.66. The first-order valence-electron chi connectivity index (χ1n) is 12.7. The molecule has 39 heavy (non-hydrogen) atoms. The third kappa shape index (κ3) is 6.06. The summed E-state index contributed by atoms with van der Waals surface area (Å²) < 4.78 is 47.5. The molecule has 206 valence electrons. The third-order valence-corrected chi connectivity index (χ3v) is 8.22. The van der Waals surface area contributed by atoms with Crippen molar-refractivity contribution in [2.24, 2.45) is 0 Å². The highest BCUT2D eigenvalue weighted by atomic mass is 32.2. The van der Waals surface area contributed by atoms with Gasteiger partial charge in [0.05, 0.1) is 28.3 Å². The van der Waals surface area contributed by atoms with Crippen LogP contribution in [0.2, 0.25) is 0 Å². The number of benzene rings is 2. The summed E-state index contributed by atoms with van der Waals surface area (Å²) in [6, 6.07) is 11.6. The third-order valence-electron chi connectivity index (χ3n) is 6.91. The summed E-state index contributed by atoms with van der Waals surface area (Å²) in [6.07, 6.45) is 2.57. The van der Waals surface area contributed by atoms with Crippen LogP contribution in [0.25, 0.3) is 5.57 Å². The lowest BCUT2D eigenvalue weighted by molar-refractivity contribution is 0.112. The maximum Gasteiger partial charge on any atom is 0.341 e. The summed E-state index contributed by atoms with van der Waals surface area (Å²) in [4.78, 5) is 27.7. The van der Waals surface area contributed by atoms with E-state index in [9.17, 15) is 22.4 Å². The molecule has 0 aliphatic heterocycles. The van der Waals surface area contributed by atoms with Gasteiger partial charge in [0.25, 0.3) is 0 Å². The van der Waals surface area contributed by atoms with Crippen LogP contribution in [0.3, 0.4) is 0 Å². The molecule has 0 spiro atoms. The van der Waals surface area contributed by atoms with Crippen molar-refractivity contribution in [1.29, 1.82) is 0 Å². The lowest BCUT2D eigenvalue weighted by Crippen LogP contribution is -2.21. The largest absolute Gasteiger partial charge is 0.422 e. The van der Waals surface area contributed by atoms with Crippen molar-refractivity contribution in [3.63, 3.8) is 0 Å². The number of hydrogen-bond acceptors (Lipinski definition) is 7. The van der Waals surface area contributed by atoms with Crippen LogP contribution in [-0.2, 0) is 10.0 Å². The lowest BCUT2D eigenvalue weighted by atomic mass is 9.95. The van der Waals surface area contributed by atoms with E-state index in [1.807, 2.05) is 14.0 Å². The van der Waals surface area contributed by atoms with Gasteiger partial charge in [-0.25, -0.2) is 17.6 Å². The molecule has 0 bridgehead atoms. The second kappa shape index (κ2) is 11.1. The van der Waals surface area contributed by atoms with Crippen LogP contribution >= 0.6 is 0 Å². The molecule has 1 saturated carbocycles. The molecule has 0 saturated heterocycles. The van der Waals surface area contributed by atoms with Gasteiger partial charge in [-0.3, -0.25) is 9.52 Å². The molecule has 0 atom stereocenters. The summed E-state index contributed by atoms with van der Waals surface area (Å²) >= 11 is 0. The van der Waals surface area contributed by atoms with Crippen molar-refractivity contribution < 1.29 is 22.0 Å². The molecular weight excluding hydrogens is 521 g/mol. The van der Waals surface area contributed by atoms with Gasteiger partial charge in [-0.1, -0.05) is 18.2 Å². The quantitative estimate of drug-likeness (QED) is 0.315. The second-order valence-electron chi connectivity index (χ2n) is 9.75. The number of anilines is 3. The van der Waals surface area contributed by atoms with Crippen molar-refractivity contribution in [3.05, 3.63) is 92.4 Å². The maximum absolute atomic E-state index is 14.7. The smallest absolute Gasteiger partial charge is 0.341 e. The van der Waals surface area contributed by atoms with E-state index < -0.39 is 21.5 Å². The fourth-order valence-electron chi connectivity index (χ4n) is 4.36. The Morgan fingerprint density at radius 2 is 1.90 bits per heavy atom. The highest BCUT2D eigenvalue weighted by molar-refractivity contribution is 7.92. The van der Waals surface area contributed by atoms with Crippen LogP contribution in [0.1, 0.15) is 59.5 Å². The summed E-state index contributed by atoms with van der Waals surface area (Å²) in [5.41, 5.74) is 2.51. The van der Waals surface area contributed by atoms with Crippen molar-refractivity contribution in [2.75, 3.05) is 22.8 Å². The van der Waals surface area contributed by atoms with Gasteiger partial charge in [-0.05, 0) is 75.9 Å². The van der Waals surface area contributed by atoms with E-state index >= 15 is 0 Å². The summed E-state index contributed by atoms with van der Waals surface area (Å²) in [5.74, 6) is -0.621. The number of hydrogen-bond donors (Lipinski definition) is 2. The molecule has 3 aromatic rings. The fraction of sp³-hybridized carbons (Fsp3) is 0.310. The maximum atomic E-state index is 14.7. The van der Waals surface area contributed by atoms with Crippen LogP contribution in [0.4, 0.5) is 21.5 Å². The Labute approximate surface area is 227 Å². The van der Waals surface area contributed by atoms with Gasteiger partial charge in [0.2, 0.25) is 10.0 Å². The molecule has 2 N–H and O–H groups in total. The predicted octanol–water partition coefficient (Wildman–Crippen LogP) is 5.59. The Balaban J connectivity index is 1.96. The Morgan fingerprint density at radius 1 is 1.18 bits per heavy atom. The number of allylic oxidation sites excluding steroid dienone is 1. The number of nitrogens with zero attached hydrogens (tertiary/aromatic N) is 1. The molecule has 1 aliphatic rings. The Bertz CT molecular complexity index is 1620. The van der Waals surface area contributed by atoms with Gasteiger partial charge in [0.15, 0.2) is 12.0 Å². The number of aldehydes is 1. The van der Waals surface area contributed by atoms with Gasteiger partial charge in [-0.15, -0.1) is 0 Å². The van der Waals surface area contributed by atoms with Gasteiger partial charge < -0.3 is 14.6 Å². The molecule has 1 heterocycles. The van der Waals surface area contributed by atoms with Crippen LogP contribution < -0.4 is 15.7 Å². The van der Waals surface area contributed by atoms with E-state index in [2.05, 4.69) is 14.9 Å². The number of carbonyl (C=O) groups is 1. The Kier molecular flexibility index (Phi) is 7.96. The lowest BCUT2D eigenvalue weighted by Gasteiger charge is -2.25. The fourth-order valence-corrected chi connectivity index (χ4v) is 4.99. The van der Waals surface area contributed by atoms with Crippen LogP contribution in [-0.4, -0.2) is 38.4 Å². The monoisotopic (exact) mass is 553 g/mol. The highest BCUT2D eigenvalue weighted by Gasteiger charge is 2.30. The summed E-state index contributed by atoms with van der Waals surface area (Å²) in [5, 5.41) is 2.93. The second-order valence-corrected chi connectivity index (χ2v) is 11.8. The number of rotatable bonds is 10. The number of carbonyl (C=O) groups excluding carboxylic acids is 1. The molecule has 0 amide bonds. The highest BCUT2D eigenvalue weighted by Crippen LogP contribution is 2.38. The minimum absolute atomic E-state index is 0.0103. The van der Waals surface area contributed by atoms with Crippen molar-refractivity contribution in [2.45, 2.75) is 46.6 Å². The Hall–Kier alpha value is -3.92. The molecule has 1 fully saturated rings. The van der Waals surface area contributed by atoms with Crippen LogP contribution in [0.5, 0.6) is 0 Å². The van der Waals surface area contributed by atoms with E-state index in [0.29, 0.717) is 23.1 Å². The minimum atomic E-state index is -3.54. The molecular formula is C29H32FN3O5S. The molecule has 4 rings (SSSR count). The standard InChI is InChI=1S/C29H32FN3O5S/c1-6-39(36,37)32-21-9-7-8-20(15-21)26(19(4)33(5)22-11-12-22)28-23(16-34)27(18(3)29(35)38-28)31-25-13-10-17(2)14-24(25)30/h7-10,13-16,22,31-32H,6,11-12H2,1-5H3/b26-19-. The van der Waals surface area contributed by atoms with E-state index in [1.54, 1.807) is 43.3 Å². The van der Waals surface area contributed by atoms with Gasteiger partial charge in [-0.2, -0.15) is 0 Å². The zero-order chi connectivity index (χ0) is 28.5. The van der Waals surface area contributed by atoms with E-state index in [-0.39, 0.29) is 40.1 Å². The zero-order valence-electron chi connectivity index (χ0n) is 22.6. The normalized spacial score (nSPS) is 14.0. The van der Waals surface area contributed by atoms with Crippen molar-refractivity contribution in [1.82, 2.24) is 4.90 Å². The SMILES string of the molecule is CCS(=O)(=O)Nc1cccc(/C(=C(\C)N(C)C2CC2)c2oc(=O)c(C)c(Nc3ccc(C)cc3F)c2C=O)c1. The number of nitrogens with one attached hydrogen (secondary N) is 2. The average molecular weight is 554 g/mol. The summed E-state index contributed by atoms with van der Waals surface area (Å²) in [7, 11) is -1.62. The first-order chi connectivity index (χ1) is 18.5. The number of aryl methyl sites for hydroxylation is 1. The minimum Gasteiger partial charge on any atom is -0.422 e. The predicted molar refractivity (Wildman–Crippen MR) is 152 cm³/mol. The van der Waals surface area contributed by atoms with Crippen LogP contribution in [0.15, 0.2) is 57.4 Å². The molecule has 1 aromatic heterocycles. The molecule has 2 aromatic carbocycles. The molecule has 10 heteroatoms. The van der Waals surface area contributed by atoms with E-state index in [0.717, 1.165) is 24.1 Å². The molecule has 8 nitrogen and oxygen atoms in total. The zero-order valence-corrected chi connectivity index (χ0v) is 23.4. The first-order valence-corrected chi connectivity index (χ1v) is 14.3. The van der Waals surface area contributed by atoms with E-state index in [4.69, 9.17) is 4.42 Å². The van der Waals surface area contributed by atoms with Gasteiger partial charge in [0.1, 0.15) is 5.82 Å². The molecule has 1 aliphatic carbocycles. The van der Waals surface area contributed by atoms with E-state index in [1.165, 1.54) is 19.9 Å². The number of sulfonamides is 1. The number of halogens is 1.